The van der Waals surface area contributed by atoms with Crippen LogP contribution in [0.25, 0.3) is 0 Å². The molecule has 0 aromatic heterocycles. The minimum absolute atomic E-state index is 0.0369. The number of hydrogen-bond acceptors (Lipinski definition) is 4. The van der Waals surface area contributed by atoms with Gasteiger partial charge in [0.05, 0.1) is 4.90 Å². The number of para-hydroxylation sites is 1. The van der Waals surface area contributed by atoms with Crippen LogP contribution in [0, 0.1) is 0 Å². The number of rotatable bonds is 6. The molecular weight excluding hydrogens is 388 g/mol. The molecule has 0 atom stereocenters. The smallest absolute Gasteiger partial charge is 0.240 e. The predicted octanol–water partition coefficient (Wildman–Crippen LogP) is 3.25. The lowest BCUT2D eigenvalue weighted by Gasteiger charge is -2.22. The SMILES string of the molecule is CC(=O)N1CCc2cc(S(=O)(=O)NCCOc3ccccc3C(C)(C)C)ccc21. The number of amides is 1. The molecule has 3 rings (SSSR count). The summed E-state index contributed by atoms with van der Waals surface area (Å²) in [7, 11) is -3.65. The summed E-state index contributed by atoms with van der Waals surface area (Å²) < 4.78 is 33.7. The molecule has 0 saturated carbocycles. The average Bonchev–Trinajstić information content (AvgIpc) is 3.08. The van der Waals surface area contributed by atoms with Gasteiger partial charge in [-0.1, -0.05) is 39.0 Å². The molecule has 2 aromatic carbocycles. The topological polar surface area (TPSA) is 75.7 Å². The molecule has 0 saturated heterocycles. The molecule has 156 valence electrons. The Bertz CT molecular complexity index is 1010. The number of hydrogen-bond donors (Lipinski definition) is 1. The van der Waals surface area contributed by atoms with Crippen LogP contribution in [0.5, 0.6) is 5.75 Å². The normalized spacial score (nSPS) is 14.0. The molecule has 2 aromatic rings. The third kappa shape index (κ3) is 4.79. The summed E-state index contributed by atoms with van der Waals surface area (Å²) in [4.78, 5) is 13.5. The van der Waals surface area contributed by atoms with Crippen LogP contribution in [0.15, 0.2) is 47.4 Å². The molecule has 0 radical (unpaired) electrons. The van der Waals surface area contributed by atoms with Crippen molar-refractivity contribution in [2.75, 3.05) is 24.6 Å². The van der Waals surface area contributed by atoms with Crippen LogP contribution >= 0.6 is 0 Å². The highest BCUT2D eigenvalue weighted by Gasteiger charge is 2.25. The zero-order chi connectivity index (χ0) is 21.2. The Morgan fingerprint density at radius 3 is 2.59 bits per heavy atom. The minimum atomic E-state index is -3.65. The van der Waals surface area contributed by atoms with E-state index in [1.54, 1.807) is 17.0 Å². The van der Waals surface area contributed by atoms with E-state index in [4.69, 9.17) is 4.74 Å². The summed E-state index contributed by atoms with van der Waals surface area (Å²) in [5.74, 6) is 0.728. The van der Waals surface area contributed by atoms with Crippen molar-refractivity contribution in [3.05, 3.63) is 53.6 Å². The van der Waals surface area contributed by atoms with Crippen molar-refractivity contribution >= 4 is 21.6 Å². The summed E-state index contributed by atoms with van der Waals surface area (Å²) >= 11 is 0. The second-order valence-corrected chi connectivity index (χ2v) is 9.97. The zero-order valence-electron chi connectivity index (χ0n) is 17.4. The fraction of sp³-hybridized carbons (Fsp3) is 0.409. The number of carbonyl (C=O) groups excluding carboxylic acids is 1. The fourth-order valence-corrected chi connectivity index (χ4v) is 4.57. The Labute approximate surface area is 172 Å². The van der Waals surface area contributed by atoms with Gasteiger partial charge in [-0.2, -0.15) is 0 Å². The lowest BCUT2D eigenvalue weighted by atomic mass is 9.86. The molecule has 7 heteroatoms. The molecule has 29 heavy (non-hydrogen) atoms. The van der Waals surface area contributed by atoms with Gasteiger partial charge in [-0.25, -0.2) is 13.1 Å². The number of sulfonamides is 1. The van der Waals surface area contributed by atoms with Gasteiger partial charge >= 0.3 is 0 Å². The first-order valence-electron chi connectivity index (χ1n) is 9.72. The number of carbonyl (C=O) groups is 1. The van der Waals surface area contributed by atoms with Crippen LogP contribution in [0.2, 0.25) is 0 Å². The molecule has 6 nitrogen and oxygen atoms in total. The standard InChI is InChI=1S/C22H28N2O4S/c1-16(25)24-13-11-17-15-18(9-10-20(17)24)29(26,27)23-12-14-28-21-8-6-5-7-19(21)22(2,3)4/h5-10,15,23H,11-14H2,1-4H3. The van der Waals surface area contributed by atoms with E-state index in [-0.39, 0.29) is 29.4 Å². The molecule has 0 unspecified atom stereocenters. The molecular formula is C22H28N2O4S. The van der Waals surface area contributed by atoms with E-state index >= 15 is 0 Å². The van der Waals surface area contributed by atoms with Crippen LogP contribution < -0.4 is 14.4 Å². The Morgan fingerprint density at radius 2 is 1.90 bits per heavy atom. The van der Waals surface area contributed by atoms with Gasteiger partial charge in [0.2, 0.25) is 15.9 Å². The van der Waals surface area contributed by atoms with E-state index in [0.29, 0.717) is 13.0 Å². The number of fused-ring (bicyclic) bond motifs is 1. The molecule has 0 bridgehead atoms. The highest BCUT2D eigenvalue weighted by atomic mass is 32.2. The van der Waals surface area contributed by atoms with Crippen LogP contribution in [0.3, 0.4) is 0 Å². The maximum absolute atomic E-state index is 12.6. The van der Waals surface area contributed by atoms with Crippen molar-refractivity contribution in [3.63, 3.8) is 0 Å². The quantitative estimate of drug-likeness (QED) is 0.734. The predicted molar refractivity (Wildman–Crippen MR) is 114 cm³/mol. The van der Waals surface area contributed by atoms with Crippen molar-refractivity contribution in [1.82, 2.24) is 4.72 Å². The average molecular weight is 417 g/mol. The Hall–Kier alpha value is -2.38. The van der Waals surface area contributed by atoms with E-state index in [2.05, 4.69) is 25.5 Å². The van der Waals surface area contributed by atoms with Crippen molar-refractivity contribution in [2.45, 2.75) is 44.4 Å². The molecule has 0 aliphatic carbocycles. The van der Waals surface area contributed by atoms with Crippen molar-refractivity contribution in [1.29, 1.82) is 0 Å². The number of nitrogens with one attached hydrogen (secondary N) is 1. The van der Waals surface area contributed by atoms with Crippen LogP contribution in [-0.4, -0.2) is 34.0 Å². The van der Waals surface area contributed by atoms with Crippen molar-refractivity contribution in [3.8, 4) is 5.75 Å². The van der Waals surface area contributed by atoms with Gasteiger partial charge in [0.25, 0.3) is 0 Å². The summed E-state index contributed by atoms with van der Waals surface area (Å²) in [5, 5.41) is 0. The van der Waals surface area contributed by atoms with E-state index in [1.165, 1.54) is 13.0 Å². The highest BCUT2D eigenvalue weighted by molar-refractivity contribution is 7.89. The van der Waals surface area contributed by atoms with E-state index in [9.17, 15) is 13.2 Å². The van der Waals surface area contributed by atoms with E-state index in [1.807, 2.05) is 24.3 Å². The molecule has 1 N–H and O–H groups in total. The zero-order valence-corrected chi connectivity index (χ0v) is 18.2. The fourth-order valence-electron chi connectivity index (χ4n) is 3.50. The first kappa shape index (κ1) is 21.3. The van der Waals surface area contributed by atoms with Crippen molar-refractivity contribution in [2.24, 2.45) is 0 Å². The third-order valence-electron chi connectivity index (χ3n) is 4.98. The molecule has 0 fully saturated rings. The maximum Gasteiger partial charge on any atom is 0.240 e. The largest absolute Gasteiger partial charge is 0.492 e. The highest BCUT2D eigenvalue weighted by Crippen LogP contribution is 2.31. The lowest BCUT2D eigenvalue weighted by Crippen LogP contribution is -2.29. The summed E-state index contributed by atoms with van der Waals surface area (Å²) in [6, 6.07) is 12.7. The maximum atomic E-state index is 12.6. The van der Waals surface area contributed by atoms with Gasteiger partial charge in [0.15, 0.2) is 0 Å². The first-order valence-corrected chi connectivity index (χ1v) is 11.2. The van der Waals surface area contributed by atoms with Crippen LogP contribution in [-0.2, 0) is 26.7 Å². The van der Waals surface area contributed by atoms with Crippen molar-refractivity contribution < 1.29 is 17.9 Å². The second kappa shape index (κ2) is 8.16. The minimum Gasteiger partial charge on any atom is -0.492 e. The third-order valence-corrected chi connectivity index (χ3v) is 6.44. The summed E-state index contributed by atoms with van der Waals surface area (Å²) in [6.45, 7) is 8.82. The molecule has 1 aliphatic heterocycles. The number of nitrogens with zero attached hydrogens (tertiary/aromatic N) is 1. The van der Waals surface area contributed by atoms with Gasteiger partial charge in [-0.05, 0) is 47.2 Å². The number of benzene rings is 2. The second-order valence-electron chi connectivity index (χ2n) is 8.20. The van der Waals surface area contributed by atoms with Gasteiger partial charge in [-0.3, -0.25) is 4.79 Å². The Balaban J connectivity index is 1.63. The molecule has 1 aliphatic rings. The monoisotopic (exact) mass is 416 g/mol. The van der Waals surface area contributed by atoms with Gasteiger partial charge in [-0.15, -0.1) is 0 Å². The van der Waals surface area contributed by atoms with Gasteiger partial charge < -0.3 is 9.64 Å². The Morgan fingerprint density at radius 1 is 1.17 bits per heavy atom. The van der Waals surface area contributed by atoms with Gasteiger partial charge in [0, 0.05) is 25.7 Å². The molecule has 1 amide bonds. The van der Waals surface area contributed by atoms with E-state index in [0.717, 1.165) is 22.6 Å². The summed E-state index contributed by atoms with van der Waals surface area (Å²) in [5.41, 5.74) is 2.68. The first-order chi connectivity index (χ1) is 13.6. The van der Waals surface area contributed by atoms with E-state index < -0.39 is 10.0 Å². The molecule has 0 spiro atoms. The van der Waals surface area contributed by atoms with Crippen LogP contribution in [0.1, 0.15) is 38.8 Å². The Kier molecular flexibility index (Phi) is 6.00. The number of anilines is 1. The molecule has 1 heterocycles. The van der Waals surface area contributed by atoms with Gasteiger partial charge in [0.1, 0.15) is 12.4 Å². The van der Waals surface area contributed by atoms with Crippen LogP contribution in [0.4, 0.5) is 5.69 Å². The summed E-state index contributed by atoms with van der Waals surface area (Å²) in [6.07, 6.45) is 0.658. The lowest BCUT2D eigenvalue weighted by molar-refractivity contribution is -0.116. The number of ether oxygens (including phenoxy) is 1.